The molecular formula is C19H21N7O. The molecule has 2 aromatic carbocycles. The van der Waals surface area contributed by atoms with Crippen molar-refractivity contribution in [2.75, 3.05) is 23.7 Å². The topological polar surface area (TPSA) is 98.8 Å². The van der Waals surface area contributed by atoms with E-state index in [1.54, 1.807) is 18.2 Å². The lowest BCUT2D eigenvalue weighted by molar-refractivity contribution is 0.102. The Labute approximate surface area is 157 Å². The number of rotatable bonds is 6. The Kier molecular flexibility index (Phi) is 5.06. The average molecular weight is 363 g/mol. The lowest BCUT2D eigenvalue weighted by atomic mass is 10.1. The number of carbonyl (C=O) groups is 1. The molecule has 1 aliphatic rings. The Morgan fingerprint density at radius 2 is 1.89 bits per heavy atom. The largest absolute Gasteiger partial charge is 0.322 e. The fourth-order valence-electron chi connectivity index (χ4n) is 3.23. The van der Waals surface area contributed by atoms with Gasteiger partial charge in [-0.2, -0.15) is 5.21 Å². The van der Waals surface area contributed by atoms with Crippen molar-refractivity contribution in [2.24, 2.45) is 0 Å². The van der Waals surface area contributed by atoms with E-state index < -0.39 is 0 Å². The summed E-state index contributed by atoms with van der Waals surface area (Å²) in [4.78, 5) is 15.1. The van der Waals surface area contributed by atoms with Gasteiger partial charge in [0.2, 0.25) is 0 Å². The van der Waals surface area contributed by atoms with Crippen molar-refractivity contribution in [2.45, 2.75) is 19.4 Å². The summed E-state index contributed by atoms with van der Waals surface area (Å²) in [6.07, 6.45) is 2.54. The Morgan fingerprint density at radius 1 is 1.07 bits per heavy atom. The van der Waals surface area contributed by atoms with E-state index in [-0.39, 0.29) is 5.91 Å². The number of aromatic amines is 1. The Morgan fingerprint density at radius 3 is 2.70 bits per heavy atom. The first-order valence-corrected chi connectivity index (χ1v) is 8.99. The second-order valence-corrected chi connectivity index (χ2v) is 6.58. The maximum atomic E-state index is 12.6. The molecule has 138 valence electrons. The molecule has 1 aromatic heterocycles. The van der Waals surface area contributed by atoms with Crippen molar-refractivity contribution in [3.63, 3.8) is 0 Å². The van der Waals surface area contributed by atoms with Crippen molar-refractivity contribution in [3.8, 4) is 0 Å². The number of hydrogen-bond acceptors (Lipinski definition) is 6. The quantitative estimate of drug-likeness (QED) is 0.623. The zero-order chi connectivity index (χ0) is 18.5. The second-order valence-electron chi connectivity index (χ2n) is 6.58. The van der Waals surface area contributed by atoms with Gasteiger partial charge >= 0.3 is 0 Å². The normalized spacial score (nSPS) is 14.2. The molecule has 8 nitrogen and oxygen atoms in total. The highest BCUT2D eigenvalue weighted by Crippen LogP contribution is 2.18. The van der Waals surface area contributed by atoms with Crippen molar-refractivity contribution in [3.05, 3.63) is 59.7 Å². The molecule has 3 N–H and O–H groups in total. The first kappa shape index (κ1) is 17.2. The number of carbonyl (C=O) groups excluding carboxylic acids is 1. The molecule has 1 fully saturated rings. The first-order valence-electron chi connectivity index (χ1n) is 8.99. The van der Waals surface area contributed by atoms with Crippen LogP contribution in [0, 0.1) is 0 Å². The van der Waals surface area contributed by atoms with E-state index in [0.29, 0.717) is 17.2 Å². The van der Waals surface area contributed by atoms with Crippen LogP contribution in [-0.4, -0.2) is 44.5 Å². The SMILES string of the molecule is O=C(Nc1cccc(CN2CCCC2)c1)c1cccc(Nc2nn[nH]n2)c1. The number of nitrogens with zero attached hydrogens (tertiary/aromatic N) is 4. The van der Waals surface area contributed by atoms with E-state index in [9.17, 15) is 4.79 Å². The van der Waals surface area contributed by atoms with Gasteiger partial charge in [0.05, 0.1) is 0 Å². The van der Waals surface area contributed by atoms with E-state index >= 15 is 0 Å². The first-order chi connectivity index (χ1) is 13.3. The van der Waals surface area contributed by atoms with Crippen molar-refractivity contribution in [1.82, 2.24) is 25.5 Å². The number of hydrogen-bond donors (Lipinski definition) is 3. The van der Waals surface area contributed by atoms with Crippen molar-refractivity contribution >= 4 is 23.2 Å². The minimum atomic E-state index is -0.162. The van der Waals surface area contributed by atoms with Crippen LogP contribution in [0.2, 0.25) is 0 Å². The van der Waals surface area contributed by atoms with E-state index in [4.69, 9.17) is 0 Å². The molecule has 0 atom stereocenters. The summed E-state index contributed by atoms with van der Waals surface area (Å²) < 4.78 is 0. The summed E-state index contributed by atoms with van der Waals surface area (Å²) in [5, 5.41) is 19.5. The van der Waals surface area contributed by atoms with Crippen LogP contribution >= 0.6 is 0 Å². The third kappa shape index (κ3) is 4.48. The van der Waals surface area contributed by atoms with Crippen LogP contribution in [0.25, 0.3) is 0 Å². The maximum Gasteiger partial charge on any atom is 0.267 e. The van der Waals surface area contributed by atoms with Gasteiger partial charge in [0, 0.05) is 23.5 Å². The Bertz CT molecular complexity index is 904. The van der Waals surface area contributed by atoms with Crippen LogP contribution in [-0.2, 0) is 6.54 Å². The molecule has 1 saturated heterocycles. The fourth-order valence-corrected chi connectivity index (χ4v) is 3.23. The summed E-state index contributed by atoms with van der Waals surface area (Å²) >= 11 is 0. The van der Waals surface area contributed by atoms with Gasteiger partial charge in [-0.05, 0) is 67.0 Å². The minimum Gasteiger partial charge on any atom is -0.322 e. The standard InChI is InChI=1S/C19H21N7O/c27-18(15-6-4-8-17(12-15)21-19-22-24-25-23-19)20-16-7-3-5-14(11-16)13-26-9-1-2-10-26/h3-8,11-12H,1-2,9-10,13H2,(H,20,27)(H2,21,22,23,24,25). The van der Waals surface area contributed by atoms with E-state index in [2.05, 4.69) is 42.2 Å². The van der Waals surface area contributed by atoms with Gasteiger partial charge in [-0.25, -0.2) is 0 Å². The molecule has 0 radical (unpaired) electrons. The Hall–Kier alpha value is -3.26. The monoisotopic (exact) mass is 363 g/mol. The molecule has 4 rings (SSSR count). The molecule has 0 bridgehead atoms. The van der Waals surface area contributed by atoms with E-state index in [1.807, 2.05) is 24.3 Å². The highest BCUT2D eigenvalue weighted by atomic mass is 16.1. The Balaban J connectivity index is 1.42. The number of tetrazole rings is 1. The van der Waals surface area contributed by atoms with Gasteiger partial charge in [-0.1, -0.05) is 23.3 Å². The summed E-state index contributed by atoms with van der Waals surface area (Å²) in [5.74, 6) is 0.187. The summed E-state index contributed by atoms with van der Waals surface area (Å²) in [7, 11) is 0. The number of likely N-dealkylation sites (tertiary alicyclic amines) is 1. The lowest BCUT2D eigenvalue weighted by Gasteiger charge is -2.15. The third-order valence-corrected chi connectivity index (χ3v) is 4.52. The van der Waals surface area contributed by atoms with E-state index in [1.165, 1.54) is 18.4 Å². The zero-order valence-corrected chi connectivity index (χ0v) is 14.9. The second kappa shape index (κ2) is 7.96. The van der Waals surface area contributed by atoms with Gasteiger partial charge < -0.3 is 10.6 Å². The smallest absolute Gasteiger partial charge is 0.267 e. The summed E-state index contributed by atoms with van der Waals surface area (Å²) in [5.41, 5.74) is 3.27. The minimum absolute atomic E-state index is 0.162. The highest BCUT2D eigenvalue weighted by Gasteiger charge is 2.12. The molecule has 1 amide bonds. The number of anilines is 3. The number of benzene rings is 2. The van der Waals surface area contributed by atoms with Gasteiger partial charge in [0.1, 0.15) is 0 Å². The van der Waals surface area contributed by atoms with Crippen LogP contribution in [0.3, 0.4) is 0 Å². The molecule has 0 aliphatic carbocycles. The van der Waals surface area contributed by atoms with Gasteiger partial charge in [0.25, 0.3) is 11.9 Å². The van der Waals surface area contributed by atoms with Crippen LogP contribution in [0.5, 0.6) is 0 Å². The highest BCUT2D eigenvalue weighted by molar-refractivity contribution is 6.04. The predicted molar refractivity (Wildman–Crippen MR) is 103 cm³/mol. The molecule has 0 unspecified atom stereocenters. The van der Waals surface area contributed by atoms with Gasteiger partial charge in [-0.15, -0.1) is 5.10 Å². The zero-order valence-electron chi connectivity index (χ0n) is 14.9. The molecule has 27 heavy (non-hydrogen) atoms. The molecule has 2 heterocycles. The summed E-state index contributed by atoms with van der Waals surface area (Å²) in [6, 6.07) is 15.2. The van der Waals surface area contributed by atoms with Crippen LogP contribution in [0.1, 0.15) is 28.8 Å². The lowest BCUT2D eigenvalue weighted by Crippen LogP contribution is -2.18. The molecule has 0 spiro atoms. The summed E-state index contributed by atoms with van der Waals surface area (Å²) in [6.45, 7) is 3.22. The molecule has 3 aromatic rings. The predicted octanol–water partition coefficient (Wildman–Crippen LogP) is 2.79. The number of amides is 1. The maximum absolute atomic E-state index is 12.6. The average Bonchev–Trinajstić information content (AvgIpc) is 3.36. The number of nitrogens with one attached hydrogen (secondary N) is 3. The molecular weight excluding hydrogens is 342 g/mol. The molecule has 0 saturated carbocycles. The van der Waals surface area contributed by atoms with Crippen LogP contribution < -0.4 is 10.6 Å². The van der Waals surface area contributed by atoms with Gasteiger partial charge in [0.15, 0.2) is 0 Å². The molecule has 1 aliphatic heterocycles. The van der Waals surface area contributed by atoms with Crippen LogP contribution in [0.4, 0.5) is 17.3 Å². The number of aromatic nitrogens is 4. The van der Waals surface area contributed by atoms with Gasteiger partial charge in [-0.3, -0.25) is 9.69 Å². The molecule has 8 heteroatoms. The third-order valence-electron chi connectivity index (χ3n) is 4.52. The van der Waals surface area contributed by atoms with E-state index in [0.717, 1.165) is 25.3 Å². The van der Waals surface area contributed by atoms with Crippen molar-refractivity contribution in [1.29, 1.82) is 0 Å². The fraction of sp³-hybridized carbons (Fsp3) is 0.263. The van der Waals surface area contributed by atoms with Crippen molar-refractivity contribution < 1.29 is 4.79 Å². The number of H-pyrrole nitrogens is 1. The van der Waals surface area contributed by atoms with Crippen LogP contribution in [0.15, 0.2) is 48.5 Å².